The first-order valence-corrected chi connectivity index (χ1v) is 12.2. The zero-order valence-electron chi connectivity index (χ0n) is 17.3. The highest BCUT2D eigenvalue weighted by molar-refractivity contribution is 7.92. The summed E-state index contributed by atoms with van der Waals surface area (Å²) >= 11 is 5.93. The third-order valence-electron chi connectivity index (χ3n) is 6.55. The van der Waals surface area contributed by atoms with Crippen molar-refractivity contribution in [2.75, 3.05) is 10.8 Å². The summed E-state index contributed by atoms with van der Waals surface area (Å²) in [6.45, 7) is 3.65. The molecule has 3 atom stereocenters. The Balaban J connectivity index is 1.62. The third kappa shape index (κ3) is 4.21. The molecule has 0 unspecified atom stereocenters. The summed E-state index contributed by atoms with van der Waals surface area (Å²) in [6.07, 6.45) is 4.58. The molecule has 2 aromatic rings. The molecule has 1 N–H and O–H groups in total. The lowest BCUT2D eigenvalue weighted by atomic mass is 9.95. The number of nitrogens with one attached hydrogen (secondary N) is 1. The largest absolute Gasteiger partial charge is 0.352 e. The van der Waals surface area contributed by atoms with Crippen LogP contribution in [0.5, 0.6) is 0 Å². The standard InChI is InChI=1S/C23H27ClN2O3S/c1-15-3-8-20(11-16(15)2)26(30(28,29)21-9-6-19(24)7-10-21)14-23(27)25-22-13-17-4-5-18(22)12-17/h3,6-11,17-18,22H,4-5,12-14H2,1-2H3,(H,25,27)/t17-,18-,22-/m0/s1. The van der Waals surface area contributed by atoms with Gasteiger partial charge in [-0.15, -0.1) is 0 Å². The van der Waals surface area contributed by atoms with Crippen LogP contribution >= 0.6 is 11.6 Å². The molecule has 2 aliphatic rings. The molecule has 0 saturated heterocycles. The minimum Gasteiger partial charge on any atom is -0.352 e. The predicted molar refractivity (Wildman–Crippen MR) is 119 cm³/mol. The average molecular weight is 447 g/mol. The third-order valence-corrected chi connectivity index (χ3v) is 8.59. The van der Waals surface area contributed by atoms with Crippen molar-refractivity contribution in [3.8, 4) is 0 Å². The molecule has 160 valence electrons. The van der Waals surface area contributed by atoms with E-state index in [0.717, 1.165) is 24.0 Å². The van der Waals surface area contributed by atoms with Crippen LogP contribution in [0.25, 0.3) is 0 Å². The van der Waals surface area contributed by atoms with E-state index in [1.165, 1.54) is 29.3 Å². The summed E-state index contributed by atoms with van der Waals surface area (Å²) < 4.78 is 28.1. The summed E-state index contributed by atoms with van der Waals surface area (Å²) in [5.41, 5.74) is 2.52. The number of rotatable bonds is 6. The van der Waals surface area contributed by atoms with Crippen LogP contribution in [0.3, 0.4) is 0 Å². The van der Waals surface area contributed by atoms with Crippen LogP contribution in [0.2, 0.25) is 5.02 Å². The van der Waals surface area contributed by atoms with Crippen LogP contribution in [0, 0.1) is 25.7 Å². The van der Waals surface area contributed by atoms with Gasteiger partial charge in [0.05, 0.1) is 10.6 Å². The smallest absolute Gasteiger partial charge is 0.264 e. The zero-order chi connectivity index (χ0) is 21.5. The normalized spacial score (nSPS) is 22.8. The van der Waals surface area contributed by atoms with Crippen molar-refractivity contribution in [1.82, 2.24) is 5.32 Å². The topological polar surface area (TPSA) is 66.5 Å². The maximum Gasteiger partial charge on any atom is 0.264 e. The number of benzene rings is 2. The van der Waals surface area contributed by atoms with Gasteiger partial charge in [-0.2, -0.15) is 0 Å². The van der Waals surface area contributed by atoms with Crippen LogP contribution < -0.4 is 9.62 Å². The highest BCUT2D eigenvalue weighted by Crippen LogP contribution is 2.44. The van der Waals surface area contributed by atoms with Crippen molar-refractivity contribution in [2.45, 2.75) is 50.5 Å². The van der Waals surface area contributed by atoms with Crippen molar-refractivity contribution in [2.24, 2.45) is 11.8 Å². The lowest BCUT2D eigenvalue weighted by Gasteiger charge is -2.27. The molecule has 0 aliphatic heterocycles. The Morgan fingerprint density at radius 3 is 2.40 bits per heavy atom. The maximum atomic E-state index is 13.4. The zero-order valence-corrected chi connectivity index (χ0v) is 18.8. The molecule has 2 bridgehead atoms. The number of nitrogens with zero attached hydrogens (tertiary/aromatic N) is 1. The lowest BCUT2D eigenvalue weighted by molar-refractivity contribution is -0.120. The minimum absolute atomic E-state index is 0.109. The van der Waals surface area contributed by atoms with Gasteiger partial charge in [-0.1, -0.05) is 24.1 Å². The average Bonchev–Trinajstić information content (AvgIpc) is 3.32. The quantitative estimate of drug-likeness (QED) is 0.712. The number of amides is 1. The predicted octanol–water partition coefficient (Wildman–Crippen LogP) is 4.46. The van der Waals surface area contributed by atoms with E-state index in [0.29, 0.717) is 22.5 Å². The number of halogens is 1. The first-order chi connectivity index (χ1) is 14.2. The molecule has 2 saturated carbocycles. The molecule has 2 fully saturated rings. The number of aryl methyl sites for hydroxylation is 2. The Labute approximate surface area is 183 Å². The van der Waals surface area contributed by atoms with Crippen LogP contribution in [-0.4, -0.2) is 26.9 Å². The van der Waals surface area contributed by atoms with E-state index in [-0.39, 0.29) is 23.4 Å². The van der Waals surface area contributed by atoms with Gasteiger partial charge >= 0.3 is 0 Å². The van der Waals surface area contributed by atoms with Gasteiger partial charge in [-0.05, 0) is 92.5 Å². The summed E-state index contributed by atoms with van der Waals surface area (Å²) in [5, 5.41) is 3.56. The van der Waals surface area contributed by atoms with Crippen LogP contribution in [0.15, 0.2) is 47.4 Å². The maximum absolute atomic E-state index is 13.4. The van der Waals surface area contributed by atoms with E-state index in [9.17, 15) is 13.2 Å². The van der Waals surface area contributed by atoms with Crippen LogP contribution in [0.1, 0.15) is 36.8 Å². The monoisotopic (exact) mass is 446 g/mol. The minimum atomic E-state index is -3.93. The van der Waals surface area contributed by atoms with E-state index in [1.807, 2.05) is 26.0 Å². The van der Waals surface area contributed by atoms with E-state index >= 15 is 0 Å². The summed E-state index contributed by atoms with van der Waals surface area (Å²) in [6, 6.07) is 11.6. The molecule has 4 rings (SSSR count). The molecular formula is C23H27ClN2O3S. The van der Waals surface area contributed by atoms with Gasteiger partial charge in [0.1, 0.15) is 6.54 Å². The molecule has 0 spiro atoms. The highest BCUT2D eigenvalue weighted by atomic mass is 35.5. The molecule has 2 aromatic carbocycles. The number of anilines is 1. The molecule has 30 heavy (non-hydrogen) atoms. The fraction of sp³-hybridized carbons (Fsp3) is 0.435. The van der Waals surface area contributed by atoms with Gasteiger partial charge < -0.3 is 5.32 Å². The lowest BCUT2D eigenvalue weighted by Crippen LogP contribution is -2.46. The van der Waals surface area contributed by atoms with Gasteiger partial charge in [0.25, 0.3) is 10.0 Å². The molecule has 0 radical (unpaired) electrons. The molecule has 0 aromatic heterocycles. The number of fused-ring (bicyclic) bond motifs is 2. The van der Waals surface area contributed by atoms with Gasteiger partial charge in [-0.3, -0.25) is 9.10 Å². The van der Waals surface area contributed by atoms with Gasteiger partial charge in [0.2, 0.25) is 5.91 Å². The number of hydrogen-bond donors (Lipinski definition) is 1. The second-order valence-corrected chi connectivity index (χ2v) is 10.9. The SMILES string of the molecule is Cc1ccc(N(CC(=O)N[C@H]2C[C@H]3CC[C@H]2C3)S(=O)(=O)c2ccc(Cl)cc2)cc1C. The molecule has 1 amide bonds. The Hall–Kier alpha value is -2.05. The summed E-state index contributed by atoms with van der Waals surface area (Å²) in [7, 11) is -3.93. The fourth-order valence-corrected chi connectivity index (χ4v) is 6.27. The van der Waals surface area contributed by atoms with Crippen molar-refractivity contribution in [1.29, 1.82) is 0 Å². The number of carbonyl (C=O) groups excluding carboxylic acids is 1. The summed E-state index contributed by atoms with van der Waals surface area (Å²) in [4.78, 5) is 13.0. The molecule has 0 heterocycles. The van der Waals surface area contributed by atoms with E-state index in [2.05, 4.69) is 5.32 Å². The number of hydrogen-bond acceptors (Lipinski definition) is 3. The molecule has 7 heteroatoms. The first-order valence-electron chi connectivity index (χ1n) is 10.4. The Morgan fingerprint density at radius 1 is 1.07 bits per heavy atom. The molecular weight excluding hydrogens is 420 g/mol. The number of carbonyl (C=O) groups is 1. The van der Waals surface area contributed by atoms with E-state index in [4.69, 9.17) is 11.6 Å². The highest BCUT2D eigenvalue weighted by Gasteiger charge is 2.40. The fourth-order valence-electron chi connectivity index (χ4n) is 4.73. The van der Waals surface area contributed by atoms with Gasteiger partial charge in [0, 0.05) is 11.1 Å². The van der Waals surface area contributed by atoms with Gasteiger partial charge in [-0.25, -0.2) is 8.42 Å². The Bertz CT molecular complexity index is 1050. The van der Waals surface area contributed by atoms with E-state index in [1.54, 1.807) is 18.2 Å². The van der Waals surface area contributed by atoms with Gasteiger partial charge in [0.15, 0.2) is 0 Å². The second kappa shape index (κ2) is 8.23. The first kappa shape index (κ1) is 21.2. The summed E-state index contributed by atoms with van der Waals surface area (Å²) in [5.74, 6) is 0.971. The Kier molecular flexibility index (Phi) is 5.82. The Morgan fingerprint density at radius 2 is 1.80 bits per heavy atom. The van der Waals surface area contributed by atoms with Crippen LogP contribution in [-0.2, 0) is 14.8 Å². The van der Waals surface area contributed by atoms with Crippen molar-refractivity contribution in [3.63, 3.8) is 0 Å². The van der Waals surface area contributed by atoms with Crippen molar-refractivity contribution in [3.05, 3.63) is 58.6 Å². The molecule has 2 aliphatic carbocycles. The number of sulfonamides is 1. The van der Waals surface area contributed by atoms with E-state index < -0.39 is 10.0 Å². The molecule has 5 nitrogen and oxygen atoms in total. The van der Waals surface area contributed by atoms with Crippen molar-refractivity contribution < 1.29 is 13.2 Å². The van der Waals surface area contributed by atoms with Crippen molar-refractivity contribution >= 4 is 33.2 Å². The van der Waals surface area contributed by atoms with Crippen LogP contribution in [0.4, 0.5) is 5.69 Å². The second-order valence-electron chi connectivity index (χ2n) is 8.58.